The summed E-state index contributed by atoms with van der Waals surface area (Å²) < 4.78 is 78.1. The summed E-state index contributed by atoms with van der Waals surface area (Å²) in [6.07, 6.45) is -5.63. The number of anilines is 1. The summed E-state index contributed by atoms with van der Waals surface area (Å²) in [6.45, 7) is 2.11. The Balaban J connectivity index is 1.46. The maximum absolute atomic E-state index is 13.0. The second-order valence-corrected chi connectivity index (χ2v) is 8.87. The minimum absolute atomic E-state index is 0.0113. The topological polar surface area (TPSA) is 83.1 Å². The molecule has 2 aromatic rings. The van der Waals surface area contributed by atoms with Gasteiger partial charge in [-0.2, -0.15) is 26.3 Å². The number of halogens is 6. The van der Waals surface area contributed by atoms with Gasteiger partial charge in [-0.3, -0.25) is 9.59 Å². The minimum Gasteiger partial charge on any atom is -0.352 e. The van der Waals surface area contributed by atoms with Crippen LogP contribution in [0.1, 0.15) is 52.7 Å². The Hall–Kier alpha value is -3.15. The van der Waals surface area contributed by atoms with Crippen molar-refractivity contribution in [3.8, 4) is 0 Å². The third-order valence-electron chi connectivity index (χ3n) is 5.98. The molecule has 36 heavy (non-hydrogen) atoms. The van der Waals surface area contributed by atoms with E-state index < -0.39 is 35.0 Å². The Kier molecular flexibility index (Phi) is 8.59. The van der Waals surface area contributed by atoms with Crippen molar-refractivity contribution in [2.75, 3.05) is 18.4 Å². The number of hydrogen-bond donors (Lipinski definition) is 3. The van der Waals surface area contributed by atoms with Crippen LogP contribution < -0.4 is 16.0 Å². The number of aromatic nitrogens is 1. The average molecular weight is 516 g/mol. The number of pyridine rings is 1. The van der Waals surface area contributed by atoms with Crippen LogP contribution in [0, 0.1) is 12.8 Å². The van der Waals surface area contributed by atoms with E-state index in [-0.39, 0.29) is 37.0 Å². The van der Waals surface area contributed by atoms with E-state index in [1.165, 1.54) is 0 Å². The molecule has 1 aromatic carbocycles. The third-order valence-corrected chi connectivity index (χ3v) is 5.98. The monoisotopic (exact) mass is 516 g/mol. The maximum atomic E-state index is 13.0. The third kappa shape index (κ3) is 7.94. The van der Waals surface area contributed by atoms with Crippen LogP contribution in [0.2, 0.25) is 0 Å². The molecule has 0 aliphatic heterocycles. The molecule has 0 unspecified atom stereocenters. The van der Waals surface area contributed by atoms with Crippen LogP contribution in [0.4, 0.5) is 32.2 Å². The predicted octanol–water partition coefficient (Wildman–Crippen LogP) is 4.94. The first-order valence-corrected chi connectivity index (χ1v) is 11.3. The lowest BCUT2D eigenvalue weighted by atomic mass is 9.86. The van der Waals surface area contributed by atoms with Crippen LogP contribution >= 0.6 is 0 Å². The molecule has 196 valence electrons. The molecule has 1 saturated carbocycles. The standard InChI is InChI=1S/C24H26F6N4O2/c1-14-2-7-20(32-11-14)34-21(35)13-31-19-5-3-15(4-6-19)12-33-22(36)16-8-17(23(25,26)27)10-18(9-16)24(28,29)30/h2,7-11,15,19,31H,3-6,12-13H2,1H3,(H,33,36)(H,32,34,35). The predicted molar refractivity (Wildman–Crippen MR) is 120 cm³/mol. The summed E-state index contributed by atoms with van der Waals surface area (Å²) in [5.74, 6) is -0.756. The molecule has 0 atom stereocenters. The average Bonchev–Trinajstić information content (AvgIpc) is 2.82. The molecule has 1 aromatic heterocycles. The van der Waals surface area contributed by atoms with Gasteiger partial charge in [0.2, 0.25) is 5.91 Å². The fraction of sp³-hybridized carbons (Fsp3) is 0.458. The zero-order chi connectivity index (χ0) is 26.5. The van der Waals surface area contributed by atoms with Crippen LogP contribution in [-0.4, -0.2) is 35.9 Å². The summed E-state index contributed by atoms with van der Waals surface area (Å²) in [7, 11) is 0. The second-order valence-electron chi connectivity index (χ2n) is 8.87. The van der Waals surface area contributed by atoms with Crippen molar-refractivity contribution in [3.63, 3.8) is 0 Å². The fourth-order valence-electron chi connectivity index (χ4n) is 3.96. The first-order chi connectivity index (χ1) is 16.8. The highest BCUT2D eigenvalue weighted by Crippen LogP contribution is 2.36. The number of carbonyl (C=O) groups excluding carboxylic acids is 2. The number of amides is 2. The van der Waals surface area contributed by atoms with Crippen LogP contribution in [0.3, 0.4) is 0 Å². The molecular weight excluding hydrogens is 490 g/mol. The van der Waals surface area contributed by atoms with E-state index in [1.807, 2.05) is 13.0 Å². The summed E-state index contributed by atoms with van der Waals surface area (Å²) in [4.78, 5) is 28.5. The van der Waals surface area contributed by atoms with Crippen LogP contribution in [-0.2, 0) is 17.1 Å². The van der Waals surface area contributed by atoms with Gasteiger partial charge in [0.15, 0.2) is 0 Å². The first kappa shape index (κ1) is 27.4. The van der Waals surface area contributed by atoms with Gasteiger partial charge >= 0.3 is 12.4 Å². The van der Waals surface area contributed by atoms with E-state index in [0.29, 0.717) is 43.6 Å². The molecule has 0 saturated heterocycles. The molecule has 1 aliphatic carbocycles. The largest absolute Gasteiger partial charge is 0.416 e. The molecule has 1 aliphatic rings. The Labute approximate surface area is 203 Å². The molecule has 0 spiro atoms. The Bertz CT molecular complexity index is 1030. The van der Waals surface area contributed by atoms with Gasteiger partial charge in [0, 0.05) is 24.3 Å². The van der Waals surface area contributed by atoms with Crippen molar-refractivity contribution in [2.24, 2.45) is 5.92 Å². The number of alkyl halides is 6. The van der Waals surface area contributed by atoms with Gasteiger partial charge in [-0.25, -0.2) is 4.98 Å². The second kappa shape index (κ2) is 11.3. The Morgan fingerprint density at radius 2 is 1.56 bits per heavy atom. The van der Waals surface area contributed by atoms with Crippen LogP contribution in [0.15, 0.2) is 36.5 Å². The van der Waals surface area contributed by atoms with E-state index in [4.69, 9.17) is 0 Å². The summed E-state index contributed by atoms with van der Waals surface area (Å²) in [6, 6.07) is 4.44. The number of carbonyl (C=O) groups is 2. The SMILES string of the molecule is Cc1ccc(NC(=O)CNC2CCC(CNC(=O)c3cc(C(F)(F)F)cc(C(F)(F)F)c3)CC2)nc1. The zero-order valence-electron chi connectivity index (χ0n) is 19.4. The summed E-state index contributed by atoms with van der Waals surface area (Å²) in [5.41, 5.74) is -2.78. The normalized spacial score (nSPS) is 18.5. The summed E-state index contributed by atoms with van der Waals surface area (Å²) >= 11 is 0. The van der Waals surface area contributed by atoms with Gasteiger partial charge in [0.25, 0.3) is 5.91 Å². The highest BCUT2D eigenvalue weighted by atomic mass is 19.4. The number of nitrogens with one attached hydrogen (secondary N) is 3. The Morgan fingerprint density at radius 1 is 0.944 bits per heavy atom. The number of rotatable bonds is 7. The highest BCUT2D eigenvalue weighted by molar-refractivity contribution is 5.94. The maximum Gasteiger partial charge on any atom is 0.416 e. The van der Waals surface area contributed by atoms with E-state index >= 15 is 0 Å². The van der Waals surface area contributed by atoms with Crippen molar-refractivity contribution < 1.29 is 35.9 Å². The molecule has 6 nitrogen and oxygen atoms in total. The molecule has 0 bridgehead atoms. The molecular formula is C24H26F6N4O2. The van der Waals surface area contributed by atoms with E-state index in [1.54, 1.807) is 12.3 Å². The van der Waals surface area contributed by atoms with E-state index in [0.717, 1.165) is 5.56 Å². The van der Waals surface area contributed by atoms with Gasteiger partial charge in [-0.15, -0.1) is 0 Å². The highest BCUT2D eigenvalue weighted by Gasteiger charge is 2.37. The van der Waals surface area contributed by atoms with Crippen LogP contribution in [0.25, 0.3) is 0 Å². The van der Waals surface area contributed by atoms with Gasteiger partial charge in [0.1, 0.15) is 5.82 Å². The molecule has 12 heteroatoms. The lowest BCUT2D eigenvalue weighted by molar-refractivity contribution is -0.143. The molecule has 1 fully saturated rings. The lowest BCUT2D eigenvalue weighted by Gasteiger charge is -2.29. The van der Waals surface area contributed by atoms with Gasteiger partial charge in [-0.1, -0.05) is 6.07 Å². The number of aryl methyl sites for hydroxylation is 1. The quantitative estimate of drug-likeness (QED) is 0.455. The molecule has 1 heterocycles. The van der Waals surface area contributed by atoms with Gasteiger partial charge < -0.3 is 16.0 Å². The smallest absolute Gasteiger partial charge is 0.352 e. The number of nitrogens with zero attached hydrogens (tertiary/aromatic N) is 1. The van der Waals surface area contributed by atoms with Crippen molar-refractivity contribution in [2.45, 2.75) is 51.0 Å². The number of benzene rings is 1. The van der Waals surface area contributed by atoms with Gasteiger partial charge in [-0.05, 0) is 68.4 Å². The fourth-order valence-corrected chi connectivity index (χ4v) is 3.96. The zero-order valence-corrected chi connectivity index (χ0v) is 19.4. The minimum atomic E-state index is -5.02. The molecule has 3 rings (SSSR count). The van der Waals surface area contributed by atoms with Crippen LogP contribution in [0.5, 0.6) is 0 Å². The van der Waals surface area contributed by atoms with E-state index in [2.05, 4.69) is 20.9 Å². The van der Waals surface area contributed by atoms with E-state index in [9.17, 15) is 35.9 Å². The van der Waals surface area contributed by atoms with Crippen molar-refractivity contribution in [1.82, 2.24) is 15.6 Å². The Morgan fingerprint density at radius 3 is 2.08 bits per heavy atom. The van der Waals surface area contributed by atoms with Crippen molar-refractivity contribution in [1.29, 1.82) is 0 Å². The lowest BCUT2D eigenvalue weighted by Crippen LogP contribution is -2.40. The molecule has 0 radical (unpaired) electrons. The molecule has 2 amide bonds. The van der Waals surface area contributed by atoms with Crippen molar-refractivity contribution >= 4 is 17.6 Å². The first-order valence-electron chi connectivity index (χ1n) is 11.3. The van der Waals surface area contributed by atoms with Crippen molar-refractivity contribution in [3.05, 3.63) is 58.8 Å². The summed E-state index contributed by atoms with van der Waals surface area (Å²) in [5, 5.41) is 8.31. The number of hydrogen-bond acceptors (Lipinski definition) is 4. The molecule has 3 N–H and O–H groups in total. The van der Waals surface area contributed by atoms with Gasteiger partial charge in [0.05, 0.1) is 17.7 Å².